The molecule has 3 heterocycles. The number of fused-ring (bicyclic) bond motifs is 1. The highest BCUT2D eigenvalue weighted by Gasteiger charge is 2.45. The number of hydrogen-bond acceptors (Lipinski definition) is 4. The van der Waals surface area contributed by atoms with Crippen molar-refractivity contribution in [2.24, 2.45) is 5.92 Å². The van der Waals surface area contributed by atoms with E-state index in [2.05, 4.69) is 0 Å². The van der Waals surface area contributed by atoms with Gasteiger partial charge in [0.15, 0.2) is 0 Å². The van der Waals surface area contributed by atoms with Crippen LogP contribution in [-0.4, -0.2) is 60.0 Å². The normalized spacial score (nSPS) is 25.4. The van der Waals surface area contributed by atoms with Crippen LogP contribution in [0.1, 0.15) is 6.42 Å². The molecule has 3 rings (SSSR count). The fourth-order valence-electron chi connectivity index (χ4n) is 3.33. The molecule has 0 saturated carbocycles. The van der Waals surface area contributed by atoms with Crippen LogP contribution in [0.4, 0.5) is 0 Å². The van der Waals surface area contributed by atoms with Gasteiger partial charge < -0.3 is 9.47 Å². The Morgan fingerprint density at radius 3 is 2.77 bits per heavy atom. The van der Waals surface area contributed by atoms with E-state index in [0.29, 0.717) is 19.6 Å². The van der Waals surface area contributed by atoms with Gasteiger partial charge in [0.2, 0.25) is 15.9 Å². The van der Waals surface area contributed by atoms with Gasteiger partial charge in [0.25, 0.3) is 5.56 Å². The summed E-state index contributed by atoms with van der Waals surface area (Å²) in [5.41, 5.74) is -0.212. The van der Waals surface area contributed by atoms with Crippen molar-refractivity contribution in [1.29, 1.82) is 0 Å². The molecule has 120 valence electrons. The predicted octanol–water partition coefficient (Wildman–Crippen LogP) is -0.659. The lowest BCUT2D eigenvalue weighted by atomic mass is 10.1. The highest BCUT2D eigenvalue weighted by molar-refractivity contribution is 7.88. The summed E-state index contributed by atoms with van der Waals surface area (Å²) in [6, 6.07) is 4.70. The fourth-order valence-corrected chi connectivity index (χ4v) is 4.22. The van der Waals surface area contributed by atoms with E-state index in [1.807, 2.05) is 0 Å². The molecule has 7 nitrogen and oxygen atoms in total. The van der Waals surface area contributed by atoms with Crippen LogP contribution < -0.4 is 5.56 Å². The number of amides is 1. The summed E-state index contributed by atoms with van der Waals surface area (Å²) in [5, 5.41) is 0. The molecule has 8 heteroatoms. The van der Waals surface area contributed by atoms with Gasteiger partial charge in [-0.1, -0.05) is 6.07 Å². The van der Waals surface area contributed by atoms with Gasteiger partial charge in [-0.05, 0) is 18.4 Å². The molecule has 0 radical (unpaired) electrons. The lowest BCUT2D eigenvalue weighted by molar-refractivity contribution is -0.132. The van der Waals surface area contributed by atoms with Crippen LogP contribution in [0, 0.1) is 5.92 Å². The summed E-state index contributed by atoms with van der Waals surface area (Å²) in [4.78, 5) is 25.9. The zero-order valence-electron chi connectivity index (χ0n) is 12.4. The molecule has 2 aliphatic rings. The number of pyridine rings is 1. The van der Waals surface area contributed by atoms with Gasteiger partial charge in [0, 0.05) is 37.9 Å². The SMILES string of the molecule is CS(=O)(=O)N1C[C@@H]2CCN(C(=O)Cn3ccccc3=O)[C@@H]2C1. The Balaban J connectivity index is 1.72. The van der Waals surface area contributed by atoms with Crippen LogP contribution in [0.15, 0.2) is 29.2 Å². The molecule has 2 atom stereocenters. The highest BCUT2D eigenvalue weighted by Crippen LogP contribution is 2.32. The predicted molar refractivity (Wildman–Crippen MR) is 80.7 cm³/mol. The summed E-state index contributed by atoms with van der Waals surface area (Å²) in [6.45, 7) is 1.48. The Morgan fingerprint density at radius 2 is 2.09 bits per heavy atom. The van der Waals surface area contributed by atoms with E-state index in [0.717, 1.165) is 6.42 Å². The Bertz CT molecular complexity index is 742. The zero-order valence-corrected chi connectivity index (χ0v) is 13.2. The number of sulfonamides is 1. The van der Waals surface area contributed by atoms with Gasteiger partial charge in [0.05, 0.1) is 6.26 Å². The van der Waals surface area contributed by atoms with Crippen molar-refractivity contribution in [3.8, 4) is 0 Å². The molecule has 1 amide bonds. The molecule has 1 aromatic heterocycles. The molecule has 2 saturated heterocycles. The van der Waals surface area contributed by atoms with Crippen molar-refractivity contribution >= 4 is 15.9 Å². The molecular weight excluding hydrogens is 306 g/mol. The average molecular weight is 325 g/mol. The zero-order chi connectivity index (χ0) is 15.9. The van der Waals surface area contributed by atoms with Crippen molar-refractivity contribution in [3.63, 3.8) is 0 Å². The van der Waals surface area contributed by atoms with Crippen LogP contribution >= 0.6 is 0 Å². The molecular formula is C14H19N3O4S. The molecule has 0 aliphatic carbocycles. The molecule has 0 unspecified atom stereocenters. The van der Waals surface area contributed by atoms with Gasteiger partial charge in [-0.3, -0.25) is 9.59 Å². The second-order valence-electron chi connectivity index (χ2n) is 5.95. The molecule has 0 N–H and O–H groups in total. The van der Waals surface area contributed by atoms with E-state index in [1.165, 1.54) is 21.2 Å². The first-order valence-electron chi connectivity index (χ1n) is 7.26. The average Bonchev–Trinajstić information content (AvgIpc) is 3.00. The maximum absolute atomic E-state index is 12.5. The third-order valence-corrected chi connectivity index (χ3v) is 5.74. The largest absolute Gasteiger partial charge is 0.336 e. The van der Waals surface area contributed by atoms with Crippen molar-refractivity contribution in [2.75, 3.05) is 25.9 Å². The van der Waals surface area contributed by atoms with Crippen LogP contribution in [0.2, 0.25) is 0 Å². The Morgan fingerprint density at radius 1 is 1.32 bits per heavy atom. The van der Waals surface area contributed by atoms with Crippen molar-refractivity contribution in [1.82, 2.24) is 13.8 Å². The number of carbonyl (C=O) groups excluding carboxylic acids is 1. The smallest absolute Gasteiger partial charge is 0.250 e. The minimum Gasteiger partial charge on any atom is -0.336 e. The van der Waals surface area contributed by atoms with E-state index < -0.39 is 10.0 Å². The number of rotatable bonds is 3. The Hall–Kier alpha value is -1.67. The second-order valence-corrected chi connectivity index (χ2v) is 7.93. The number of nitrogens with zero attached hydrogens (tertiary/aromatic N) is 3. The monoisotopic (exact) mass is 325 g/mol. The second kappa shape index (κ2) is 5.51. The van der Waals surface area contributed by atoms with Crippen molar-refractivity contribution in [3.05, 3.63) is 34.7 Å². The minimum absolute atomic E-state index is 0.00175. The first kappa shape index (κ1) is 15.2. The van der Waals surface area contributed by atoms with Crippen LogP contribution in [0.25, 0.3) is 0 Å². The van der Waals surface area contributed by atoms with Gasteiger partial charge in [-0.15, -0.1) is 0 Å². The summed E-state index contributed by atoms with van der Waals surface area (Å²) in [7, 11) is -3.22. The van der Waals surface area contributed by atoms with Gasteiger partial charge in [-0.25, -0.2) is 8.42 Å². The molecule has 1 aromatic rings. The molecule has 22 heavy (non-hydrogen) atoms. The highest BCUT2D eigenvalue weighted by atomic mass is 32.2. The summed E-state index contributed by atoms with van der Waals surface area (Å²) in [5.74, 6) is 0.0716. The third kappa shape index (κ3) is 2.80. The molecule has 0 aromatic carbocycles. The molecule has 0 spiro atoms. The van der Waals surface area contributed by atoms with Gasteiger partial charge in [-0.2, -0.15) is 4.31 Å². The molecule has 0 bridgehead atoms. The molecule has 2 aliphatic heterocycles. The third-order valence-electron chi connectivity index (χ3n) is 4.51. The van der Waals surface area contributed by atoms with E-state index in [-0.39, 0.29) is 30.0 Å². The Labute approximate surface area is 129 Å². The summed E-state index contributed by atoms with van der Waals surface area (Å²) < 4.78 is 26.1. The topological polar surface area (TPSA) is 79.7 Å². The fraction of sp³-hybridized carbons (Fsp3) is 0.571. The van der Waals surface area contributed by atoms with E-state index in [1.54, 1.807) is 23.2 Å². The maximum atomic E-state index is 12.5. The maximum Gasteiger partial charge on any atom is 0.250 e. The number of hydrogen-bond donors (Lipinski definition) is 0. The quantitative estimate of drug-likeness (QED) is 0.739. The summed E-state index contributed by atoms with van der Waals surface area (Å²) >= 11 is 0. The van der Waals surface area contributed by atoms with E-state index >= 15 is 0 Å². The number of carbonyl (C=O) groups is 1. The first-order valence-corrected chi connectivity index (χ1v) is 9.11. The minimum atomic E-state index is -3.22. The lowest BCUT2D eigenvalue weighted by Gasteiger charge is -2.24. The molecule has 2 fully saturated rings. The van der Waals surface area contributed by atoms with E-state index in [4.69, 9.17) is 0 Å². The first-order chi connectivity index (χ1) is 10.4. The van der Waals surface area contributed by atoms with Crippen LogP contribution in [-0.2, 0) is 21.4 Å². The number of likely N-dealkylation sites (tertiary alicyclic amines) is 1. The van der Waals surface area contributed by atoms with Crippen molar-refractivity contribution in [2.45, 2.75) is 19.0 Å². The van der Waals surface area contributed by atoms with Gasteiger partial charge in [0.1, 0.15) is 6.54 Å². The van der Waals surface area contributed by atoms with E-state index in [9.17, 15) is 18.0 Å². The Kier molecular flexibility index (Phi) is 3.82. The lowest BCUT2D eigenvalue weighted by Crippen LogP contribution is -2.43. The van der Waals surface area contributed by atoms with Gasteiger partial charge >= 0.3 is 0 Å². The van der Waals surface area contributed by atoms with Crippen LogP contribution in [0.5, 0.6) is 0 Å². The summed E-state index contributed by atoms with van der Waals surface area (Å²) in [6.07, 6.45) is 3.60. The number of aromatic nitrogens is 1. The van der Waals surface area contributed by atoms with Crippen molar-refractivity contribution < 1.29 is 13.2 Å². The standard InChI is InChI=1S/C14H19N3O4S/c1-22(20,21)16-8-11-5-7-17(12(11)9-16)14(19)10-15-6-3-2-4-13(15)18/h2-4,6,11-12H,5,7-10H2,1H3/t11-,12+/m0/s1. The van der Waals surface area contributed by atoms with Crippen LogP contribution in [0.3, 0.4) is 0 Å².